The summed E-state index contributed by atoms with van der Waals surface area (Å²) in [6.45, 7) is 0. The van der Waals surface area contributed by atoms with Crippen LogP contribution in [0.4, 0.5) is 0 Å². The third-order valence-electron chi connectivity index (χ3n) is 2.81. The van der Waals surface area contributed by atoms with Gasteiger partial charge in [0.05, 0.1) is 0 Å². The molecule has 0 atom stereocenters. The topological polar surface area (TPSA) is 0 Å². The molecule has 118 valence electrons. The summed E-state index contributed by atoms with van der Waals surface area (Å²) in [5, 5.41) is 0. The van der Waals surface area contributed by atoms with Crippen molar-refractivity contribution in [1.29, 1.82) is 0 Å². The maximum Gasteiger partial charge on any atom is 0.134 e. The molecule has 0 aliphatic heterocycles. The van der Waals surface area contributed by atoms with Crippen molar-refractivity contribution in [3.05, 3.63) is 60.6 Å². The molecule has 2 aromatic rings. The second kappa shape index (κ2) is 8.19. The highest BCUT2D eigenvalue weighted by Crippen LogP contribution is 2.56. The van der Waals surface area contributed by atoms with Gasteiger partial charge in [0.2, 0.25) is 0 Å². The molecule has 0 aromatic heterocycles. The summed E-state index contributed by atoms with van der Waals surface area (Å²) in [6.07, 6.45) is 0. The lowest BCUT2D eigenvalue weighted by molar-refractivity contribution is 1.07. The highest BCUT2D eigenvalue weighted by atomic mass is 79.9. The van der Waals surface area contributed by atoms with Gasteiger partial charge in [-0.25, -0.2) is 0 Å². The van der Waals surface area contributed by atoms with Gasteiger partial charge in [-0.1, -0.05) is 44.0 Å². The summed E-state index contributed by atoms with van der Waals surface area (Å²) in [7, 11) is 0. The van der Waals surface area contributed by atoms with E-state index in [-0.39, 0.29) is 0 Å². The molecule has 0 unspecified atom stereocenters. The van der Waals surface area contributed by atoms with Crippen molar-refractivity contribution in [1.82, 2.24) is 0 Å². The van der Waals surface area contributed by atoms with Gasteiger partial charge in [0.25, 0.3) is 0 Å². The fourth-order valence-corrected chi connectivity index (χ4v) is 9.38. The van der Waals surface area contributed by atoms with E-state index in [1.807, 2.05) is 18.2 Å². The molecule has 0 N–H and O–H groups in total. The van der Waals surface area contributed by atoms with E-state index in [0.717, 1.165) is 42.4 Å². The maximum atomic E-state index is 3.83. The first-order chi connectivity index (χ1) is 10.1. The lowest BCUT2D eigenvalue weighted by Crippen LogP contribution is -2.14. The summed E-state index contributed by atoms with van der Waals surface area (Å²) in [6, 6.07) is 6.02. The van der Waals surface area contributed by atoms with Gasteiger partial charge in [0, 0.05) is 36.9 Å². The average Bonchev–Trinajstić information content (AvgIpc) is 2.45. The van der Waals surface area contributed by atoms with Gasteiger partial charge in [0.15, 0.2) is 0 Å². The summed E-state index contributed by atoms with van der Waals surface area (Å²) >= 11 is 33.0. The smallest absolute Gasteiger partial charge is 0.0619 e. The van der Waals surface area contributed by atoms with E-state index < -0.39 is 3.23 Å². The van der Waals surface area contributed by atoms with E-state index in [0.29, 0.717) is 0 Å². The van der Waals surface area contributed by atoms with Crippen LogP contribution in [-0.2, 0) is 3.23 Å². The van der Waals surface area contributed by atoms with Gasteiger partial charge >= 0.3 is 0 Å². The van der Waals surface area contributed by atoms with Crippen LogP contribution in [0.5, 0.6) is 0 Å². The SMILES string of the molecule is Brc1cccc(C(Br)(Br)c2c(Br)c(Br)c(Br)c(Br)c2Br)c1Br. The molecule has 0 fully saturated rings. The lowest BCUT2D eigenvalue weighted by atomic mass is 10.0. The van der Waals surface area contributed by atoms with Gasteiger partial charge in [-0.2, -0.15) is 0 Å². The Morgan fingerprint density at radius 1 is 0.591 bits per heavy atom. The zero-order valence-corrected chi connectivity index (χ0v) is 24.4. The predicted octanol–water partition coefficient (Wildman–Crippen LogP) is 10.0. The quantitative estimate of drug-likeness (QED) is 0.160. The van der Waals surface area contributed by atoms with Gasteiger partial charge in [-0.15, -0.1) is 0 Å². The Morgan fingerprint density at radius 2 is 1.05 bits per heavy atom. The molecule has 0 saturated heterocycles. The molecule has 0 aliphatic carbocycles. The van der Waals surface area contributed by atoms with Gasteiger partial charge in [0.1, 0.15) is 3.23 Å². The van der Waals surface area contributed by atoms with Gasteiger partial charge in [-0.05, 0) is 123 Å². The van der Waals surface area contributed by atoms with Gasteiger partial charge in [-0.3, -0.25) is 0 Å². The zero-order chi connectivity index (χ0) is 16.8. The van der Waals surface area contributed by atoms with Crippen LogP contribution >= 0.6 is 143 Å². The van der Waals surface area contributed by atoms with Crippen LogP contribution in [0.2, 0.25) is 0 Å². The van der Waals surface area contributed by atoms with Crippen LogP contribution < -0.4 is 0 Å². The number of alkyl halides is 2. The van der Waals surface area contributed by atoms with Crippen LogP contribution in [-0.4, -0.2) is 0 Å². The third-order valence-corrected chi connectivity index (χ3v) is 12.6. The monoisotopic (exact) mass is 869 g/mol. The molecule has 0 nitrogen and oxygen atoms in total. The van der Waals surface area contributed by atoms with E-state index in [4.69, 9.17) is 0 Å². The minimum atomic E-state index is -0.605. The minimum Gasteiger partial charge on any atom is -0.0619 e. The maximum absolute atomic E-state index is 3.83. The Hall–Kier alpha value is 2.76. The molecule has 0 aliphatic rings. The van der Waals surface area contributed by atoms with Crippen molar-refractivity contribution in [3.8, 4) is 0 Å². The van der Waals surface area contributed by atoms with E-state index >= 15 is 0 Å². The molecule has 2 rings (SSSR count). The Morgan fingerprint density at radius 3 is 1.55 bits per heavy atom. The number of rotatable bonds is 2. The highest BCUT2D eigenvalue weighted by molar-refractivity contribution is 9.25. The van der Waals surface area contributed by atoms with Crippen molar-refractivity contribution in [2.75, 3.05) is 0 Å². The lowest BCUT2D eigenvalue weighted by Gasteiger charge is -2.27. The van der Waals surface area contributed by atoms with E-state index in [1.165, 1.54) is 0 Å². The third kappa shape index (κ3) is 3.87. The van der Waals surface area contributed by atoms with Crippen molar-refractivity contribution in [3.63, 3.8) is 0 Å². The van der Waals surface area contributed by atoms with Crippen molar-refractivity contribution >= 4 is 143 Å². The Balaban J connectivity index is 2.83. The molecule has 22 heavy (non-hydrogen) atoms. The molecule has 2 aromatic carbocycles. The predicted molar refractivity (Wildman–Crippen MR) is 125 cm³/mol. The molecule has 0 heterocycles. The average molecular weight is 878 g/mol. The van der Waals surface area contributed by atoms with Crippen LogP contribution in [0.25, 0.3) is 0 Å². The second-order valence-corrected chi connectivity index (χ2v) is 13.2. The molecule has 0 radical (unpaired) electrons. The Labute approximate surface area is 204 Å². The van der Waals surface area contributed by atoms with E-state index in [9.17, 15) is 0 Å². The largest absolute Gasteiger partial charge is 0.134 e. The van der Waals surface area contributed by atoms with Crippen LogP contribution in [0.1, 0.15) is 11.1 Å². The second-order valence-electron chi connectivity index (χ2n) is 4.12. The van der Waals surface area contributed by atoms with Crippen molar-refractivity contribution in [2.24, 2.45) is 0 Å². The first-order valence-electron chi connectivity index (χ1n) is 5.44. The van der Waals surface area contributed by atoms with Crippen LogP contribution in [0.15, 0.2) is 49.5 Å². The molecule has 0 spiro atoms. The first-order valence-corrected chi connectivity index (χ1v) is 12.6. The Bertz CT molecular complexity index is 723. The van der Waals surface area contributed by atoms with Gasteiger partial charge < -0.3 is 0 Å². The minimum absolute atomic E-state index is 0.605. The normalized spacial score (nSPS) is 11.9. The van der Waals surface area contributed by atoms with Crippen molar-refractivity contribution in [2.45, 2.75) is 3.23 Å². The number of benzene rings is 2. The Kier molecular flexibility index (Phi) is 7.84. The number of hydrogen-bond donors (Lipinski definition) is 0. The summed E-state index contributed by atoms with van der Waals surface area (Å²) < 4.78 is 5.98. The molecule has 0 saturated carbocycles. The summed E-state index contributed by atoms with van der Waals surface area (Å²) in [5.41, 5.74) is 2.03. The first kappa shape index (κ1) is 21.1. The van der Waals surface area contributed by atoms with E-state index in [1.54, 1.807) is 0 Å². The zero-order valence-electron chi connectivity index (χ0n) is 10.1. The summed E-state index contributed by atoms with van der Waals surface area (Å²) in [5.74, 6) is 0. The van der Waals surface area contributed by atoms with Crippen LogP contribution in [0, 0.1) is 0 Å². The molecule has 0 bridgehead atoms. The number of halogens is 9. The number of hydrogen-bond acceptors (Lipinski definition) is 0. The van der Waals surface area contributed by atoms with Crippen LogP contribution in [0.3, 0.4) is 0 Å². The molecular formula is C13H3Br9. The molecule has 9 heteroatoms. The molecular weight excluding hydrogens is 875 g/mol. The van der Waals surface area contributed by atoms with Crippen molar-refractivity contribution < 1.29 is 0 Å². The fraction of sp³-hybridized carbons (Fsp3) is 0.0769. The standard InChI is InChI=1S/C13H3Br9/c14-5-3-1-2-4(7(5)15)13(21,22)6-8(16)10(18)12(20)11(19)9(6)17/h1-3H. The highest BCUT2D eigenvalue weighted by Gasteiger charge is 2.36. The fourth-order valence-electron chi connectivity index (χ4n) is 1.76. The molecule has 0 amide bonds. The van der Waals surface area contributed by atoms with E-state index in [2.05, 4.69) is 143 Å². The summed E-state index contributed by atoms with van der Waals surface area (Å²) in [4.78, 5) is 0.